The molecule has 20 heavy (non-hydrogen) atoms. The van der Waals surface area contributed by atoms with Crippen LogP contribution >= 0.6 is 0 Å². The first-order valence-corrected chi connectivity index (χ1v) is 8.02. The Morgan fingerprint density at radius 2 is 1.95 bits per heavy atom. The Bertz CT molecular complexity index is 334. The topological polar surface area (TPSA) is 40.5 Å². The van der Waals surface area contributed by atoms with E-state index in [1.54, 1.807) is 4.90 Å². The molecule has 2 atom stereocenters. The number of piperidine rings is 1. The van der Waals surface area contributed by atoms with Crippen molar-refractivity contribution >= 4 is 5.91 Å². The van der Waals surface area contributed by atoms with Gasteiger partial charge in [-0.3, -0.25) is 4.79 Å². The van der Waals surface area contributed by atoms with Crippen molar-refractivity contribution in [2.75, 3.05) is 13.1 Å². The van der Waals surface area contributed by atoms with Crippen molar-refractivity contribution in [2.45, 2.75) is 60.0 Å². The fourth-order valence-electron chi connectivity index (χ4n) is 2.30. The number of likely N-dealkylation sites (tertiary alicyclic amines) is 1. The summed E-state index contributed by atoms with van der Waals surface area (Å²) in [5.41, 5.74) is 0.785. The molecule has 1 fully saturated rings. The van der Waals surface area contributed by atoms with Crippen LogP contribution in [0.4, 0.5) is 0 Å². The van der Waals surface area contributed by atoms with Crippen LogP contribution in [-0.4, -0.2) is 35.1 Å². The van der Waals surface area contributed by atoms with Gasteiger partial charge in [-0.25, -0.2) is 0 Å². The zero-order chi connectivity index (χ0) is 15.5. The minimum absolute atomic E-state index is 0.0709. The van der Waals surface area contributed by atoms with Crippen LogP contribution in [0.15, 0.2) is 23.8 Å². The Hall–Kier alpha value is -1.09. The van der Waals surface area contributed by atoms with E-state index in [0.29, 0.717) is 12.5 Å². The first-order chi connectivity index (χ1) is 9.66. The smallest absolute Gasteiger partial charge is 0.253 e. The fourth-order valence-corrected chi connectivity index (χ4v) is 2.30. The molecule has 0 radical (unpaired) electrons. The van der Waals surface area contributed by atoms with Crippen LogP contribution in [0.2, 0.25) is 0 Å². The second-order valence-electron chi connectivity index (χ2n) is 4.78. The molecule has 3 nitrogen and oxygen atoms in total. The summed E-state index contributed by atoms with van der Waals surface area (Å²) in [6, 6.07) is 0. The molecule has 2 aliphatic rings. The molecule has 1 heterocycles. The van der Waals surface area contributed by atoms with E-state index in [-0.39, 0.29) is 12.0 Å². The van der Waals surface area contributed by atoms with Crippen molar-refractivity contribution in [3.05, 3.63) is 23.8 Å². The molecule has 1 aliphatic heterocycles. The first-order valence-electron chi connectivity index (χ1n) is 8.02. The van der Waals surface area contributed by atoms with Crippen LogP contribution in [0.1, 0.15) is 53.9 Å². The van der Waals surface area contributed by atoms with Crippen molar-refractivity contribution < 1.29 is 9.90 Å². The highest BCUT2D eigenvalue weighted by molar-refractivity contribution is 5.96. The van der Waals surface area contributed by atoms with E-state index >= 15 is 0 Å². The summed E-state index contributed by atoms with van der Waals surface area (Å²) in [6.07, 6.45) is 8.38. The van der Waals surface area contributed by atoms with Gasteiger partial charge >= 0.3 is 0 Å². The summed E-state index contributed by atoms with van der Waals surface area (Å²) in [5, 5.41) is 9.55. The number of nitrogens with zero attached hydrogens (tertiary/aromatic N) is 1. The molecule has 116 valence electrons. The minimum Gasteiger partial charge on any atom is -0.391 e. The third-order valence-corrected chi connectivity index (χ3v) is 3.20. The van der Waals surface area contributed by atoms with Gasteiger partial charge in [0.05, 0.1) is 6.10 Å². The number of hydrogen-bond donors (Lipinski definition) is 1. The largest absolute Gasteiger partial charge is 0.391 e. The summed E-state index contributed by atoms with van der Waals surface area (Å²) in [6.45, 7) is 11.4. The van der Waals surface area contributed by atoms with Crippen molar-refractivity contribution in [3.63, 3.8) is 0 Å². The summed E-state index contributed by atoms with van der Waals surface area (Å²) in [5.74, 6) is 0.514. The SMILES string of the molecule is CC.CC.CC1C=C(C(=O)N2CCC[C@@H](O)C2)C=CC1. The molecule has 0 aromatic carbocycles. The molecule has 0 saturated carbocycles. The highest BCUT2D eigenvalue weighted by Crippen LogP contribution is 2.19. The average Bonchev–Trinajstić information content (AvgIpc) is 2.50. The molecule has 1 saturated heterocycles. The van der Waals surface area contributed by atoms with E-state index in [4.69, 9.17) is 0 Å². The lowest BCUT2D eigenvalue weighted by molar-refractivity contribution is -0.129. The molecule has 1 amide bonds. The average molecular weight is 281 g/mol. The normalized spacial score (nSPS) is 24.7. The lowest BCUT2D eigenvalue weighted by atomic mass is 9.96. The standard InChI is InChI=1S/C13H19NO2.2C2H6/c1-10-4-2-5-11(8-10)13(16)14-7-3-6-12(15)9-14;2*1-2/h2,5,8,10,12,15H,3-4,6-7,9H2,1H3;2*1-2H3/t10?,12-;;/m1../s1. The van der Waals surface area contributed by atoms with Crippen molar-refractivity contribution in [2.24, 2.45) is 5.92 Å². The number of amides is 1. The van der Waals surface area contributed by atoms with Crippen LogP contribution in [0, 0.1) is 5.92 Å². The Kier molecular flexibility index (Phi) is 10.1. The molecule has 0 aromatic rings. The van der Waals surface area contributed by atoms with Gasteiger partial charge in [0, 0.05) is 18.7 Å². The predicted octanol–water partition coefficient (Wildman–Crippen LogP) is 3.54. The lowest BCUT2D eigenvalue weighted by Crippen LogP contribution is -2.42. The molecule has 2 rings (SSSR count). The van der Waals surface area contributed by atoms with Gasteiger partial charge in [0.1, 0.15) is 0 Å². The van der Waals surface area contributed by atoms with E-state index in [2.05, 4.69) is 13.0 Å². The third kappa shape index (κ3) is 5.91. The highest BCUT2D eigenvalue weighted by Gasteiger charge is 2.24. The molecule has 0 spiro atoms. The molecule has 3 heteroatoms. The van der Waals surface area contributed by atoms with Crippen LogP contribution in [0.25, 0.3) is 0 Å². The number of aliphatic hydroxyl groups excluding tert-OH is 1. The number of carbonyl (C=O) groups excluding carboxylic acids is 1. The van der Waals surface area contributed by atoms with Gasteiger partial charge < -0.3 is 10.0 Å². The van der Waals surface area contributed by atoms with Crippen molar-refractivity contribution in [3.8, 4) is 0 Å². The minimum atomic E-state index is -0.344. The number of allylic oxidation sites excluding steroid dienone is 2. The zero-order valence-corrected chi connectivity index (χ0v) is 13.7. The molecule has 1 unspecified atom stereocenters. The summed E-state index contributed by atoms with van der Waals surface area (Å²) < 4.78 is 0. The van der Waals surface area contributed by atoms with Gasteiger partial charge in [0.25, 0.3) is 5.91 Å². The molecular weight excluding hydrogens is 250 g/mol. The zero-order valence-electron chi connectivity index (χ0n) is 13.7. The van der Waals surface area contributed by atoms with Crippen LogP contribution in [-0.2, 0) is 4.79 Å². The Morgan fingerprint density at radius 3 is 2.50 bits per heavy atom. The van der Waals surface area contributed by atoms with E-state index in [9.17, 15) is 9.90 Å². The molecule has 0 bridgehead atoms. The summed E-state index contributed by atoms with van der Waals surface area (Å²) in [4.78, 5) is 13.9. The first kappa shape index (κ1) is 18.9. The quantitative estimate of drug-likeness (QED) is 0.798. The Labute approximate surface area is 124 Å². The maximum absolute atomic E-state index is 12.1. The monoisotopic (exact) mass is 281 g/mol. The molecule has 1 aliphatic carbocycles. The maximum atomic E-state index is 12.1. The summed E-state index contributed by atoms with van der Waals surface area (Å²) >= 11 is 0. The number of rotatable bonds is 1. The maximum Gasteiger partial charge on any atom is 0.253 e. The van der Waals surface area contributed by atoms with Gasteiger partial charge in [-0.15, -0.1) is 0 Å². The number of hydrogen-bond acceptors (Lipinski definition) is 2. The second kappa shape index (κ2) is 10.7. The fraction of sp³-hybridized carbons (Fsp3) is 0.706. The van der Waals surface area contributed by atoms with E-state index in [1.165, 1.54) is 0 Å². The van der Waals surface area contributed by atoms with Gasteiger partial charge in [-0.1, -0.05) is 52.8 Å². The van der Waals surface area contributed by atoms with Crippen LogP contribution < -0.4 is 0 Å². The number of β-amino-alcohol motifs (C(OH)–C–C–N with tert-alkyl or cyclic N) is 1. The number of aliphatic hydroxyl groups is 1. The van der Waals surface area contributed by atoms with Crippen molar-refractivity contribution in [1.82, 2.24) is 4.90 Å². The molecule has 0 aromatic heterocycles. The third-order valence-electron chi connectivity index (χ3n) is 3.20. The molecular formula is C17H31NO2. The number of carbonyl (C=O) groups is 1. The van der Waals surface area contributed by atoms with E-state index in [0.717, 1.165) is 31.4 Å². The Balaban J connectivity index is 0.000000829. The van der Waals surface area contributed by atoms with Gasteiger partial charge in [-0.05, 0) is 25.2 Å². The lowest BCUT2D eigenvalue weighted by Gasteiger charge is -2.31. The van der Waals surface area contributed by atoms with Gasteiger partial charge in [-0.2, -0.15) is 0 Å². The predicted molar refractivity (Wildman–Crippen MR) is 85.5 cm³/mol. The molecule has 1 N–H and O–H groups in total. The Morgan fingerprint density at radius 1 is 1.30 bits per heavy atom. The summed E-state index contributed by atoms with van der Waals surface area (Å²) in [7, 11) is 0. The van der Waals surface area contributed by atoms with Crippen LogP contribution in [0.5, 0.6) is 0 Å². The van der Waals surface area contributed by atoms with E-state index < -0.39 is 0 Å². The van der Waals surface area contributed by atoms with Crippen LogP contribution in [0.3, 0.4) is 0 Å². The highest BCUT2D eigenvalue weighted by atomic mass is 16.3. The van der Waals surface area contributed by atoms with Gasteiger partial charge in [0.15, 0.2) is 0 Å². The second-order valence-corrected chi connectivity index (χ2v) is 4.78. The van der Waals surface area contributed by atoms with Crippen molar-refractivity contribution in [1.29, 1.82) is 0 Å². The van der Waals surface area contributed by atoms with E-state index in [1.807, 2.05) is 39.8 Å². The van der Waals surface area contributed by atoms with Gasteiger partial charge in [0.2, 0.25) is 0 Å².